The van der Waals surface area contributed by atoms with E-state index in [-0.39, 0.29) is 17.1 Å². The van der Waals surface area contributed by atoms with Gasteiger partial charge in [0.15, 0.2) is 0 Å². The molecule has 0 atom stereocenters. The van der Waals surface area contributed by atoms with Crippen LogP contribution in [0.3, 0.4) is 0 Å². The van der Waals surface area contributed by atoms with Gasteiger partial charge in [-0.1, -0.05) is 12.1 Å². The zero-order valence-electron chi connectivity index (χ0n) is 15.2. The van der Waals surface area contributed by atoms with E-state index < -0.39 is 11.7 Å². The number of hydrogen-bond acceptors (Lipinski definition) is 3. The van der Waals surface area contributed by atoms with Crippen molar-refractivity contribution in [1.29, 1.82) is 0 Å². The van der Waals surface area contributed by atoms with Gasteiger partial charge in [0.05, 0.1) is 0 Å². The first-order valence-electron chi connectivity index (χ1n) is 8.70. The largest absolute Gasteiger partial charge is 0.444 e. The number of rotatable bonds is 7. The summed E-state index contributed by atoms with van der Waals surface area (Å²) >= 11 is 0. The van der Waals surface area contributed by atoms with Crippen molar-refractivity contribution in [3.8, 4) is 0 Å². The summed E-state index contributed by atoms with van der Waals surface area (Å²) in [5.74, 6) is -0.291. The predicted molar refractivity (Wildman–Crippen MR) is 93.8 cm³/mol. The molecular formula is C19H27FN2O3. The Morgan fingerprint density at radius 1 is 1.16 bits per heavy atom. The number of benzene rings is 1. The molecular weight excluding hydrogens is 323 g/mol. The number of carbonyl (C=O) groups excluding carboxylic acids is 2. The molecule has 0 heterocycles. The van der Waals surface area contributed by atoms with Gasteiger partial charge in [-0.3, -0.25) is 4.79 Å². The summed E-state index contributed by atoms with van der Waals surface area (Å²) in [4.78, 5) is 23.5. The van der Waals surface area contributed by atoms with Gasteiger partial charge in [0.1, 0.15) is 11.4 Å². The van der Waals surface area contributed by atoms with Crippen LogP contribution >= 0.6 is 0 Å². The van der Waals surface area contributed by atoms with Gasteiger partial charge in [0.25, 0.3) is 0 Å². The summed E-state index contributed by atoms with van der Waals surface area (Å²) < 4.78 is 18.1. The molecule has 0 spiro atoms. The third-order valence-electron chi connectivity index (χ3n) is 4.18. The van der Waals surface area contributed by atoms with Crippen LogP contribution in [0.5, 0.6) is 0 Å². The molecule has 1 fully saturated rings. The van der Waals surface area contributed by atoms with Crippen molar-refractivity contribution in [2.75, 3.05) is 13.1 Å². The van der Waals surface area contributed by atoms with Gasteiger partial charge in [-0.2, -0.15) is 0 Å². The Hall–Kier alpha value is -2.11. The van der Waals surface area contributed by atoms with Crippen molar-refractivity contribution in [2.45, 2.75) is 57.5 Å². The normalized spacial score (nSPS) is 15.4. The van der Waals surface area contributed by atoms with Crippen LogP contribution in [0.25, 0.3) is 0 Å². The second kappa shape index (κ2) is 7.85. The average molecular weight is 350 g/mol. The fourth-order valence-corrected chi connectivity index (χ4v) is 2.63. The third kappa shape index (κ3) is 6.36. The molecule has 1 aliphatic carbocycles. The molecule has 138 valence electrons. The van der Waals surface area contributed by atoms with Crippen molar-refractivity contribution < 1.29 is 18.7 Å². The highest BCUT2D eigenvalue weighted by atomic mass is 19.1. The van der Waals surface area contributed by atoms with E-state index in [0.29, 0.717) is 25.9 Å². The Morgan fingerprint density at radius 3 is 2.36 bits per heavy atom. The van der Waals surface area contributed by atoms with Crippen LogP contribution in [0.15, 0.2) is 24.3 Å². The van der Waals surface area contributed by atoms with Crippen LogP contribution in [0, 0.1) is 5.82 Å². The van der Waals surface area contributed by atoms with Crippen molar-refractivity contribution in [3.05, 3.63) is 35.6 Å². The van der Waals surface area contributed by atoms with Gasteiger partial charge in [0, 0.05) is 24.9 Å². The summed E-state index contributed by atoms with van der Waals surface area (Å²) in [6.45, 7) is 6.36. The molecule has 1 aromatic rings. The molecule has 0 radical (unpaired) electrons. The van der Waals surface area contributed by atoms with E-state index in [4.69, 9.17) is 4.74 Å². The van der Waals surface area contributed by atoms with Crippen molar-refractivity contribution >= 4 is 12.0 Å². The lowest BCUT2D eigenvalue weighted by molar-refractivity contribution is -0.121. The van der Waals surface area contributed by atoms with Crippen molar-refractivity contribution in [2.24, 2.45) is 0 Å². The van der Waals surface area contributed by atoms with Crippen molar-refractivity contribution in [1.82, 2.24) is 10.6 Å². The molecule has 1 aliphatic rings. The van der Waals surface area contributed by atoms with E-state index in [2.05, 4.69) is 10.6 Å². The van der Waals surface area contributed by atoms with Gasteiger partial charge in [-0.15, -0.1) is 0 Å². The zero-order valence-corrected chi connectivity index (χ0v) is 15.2. The first-order valence-corrected chi connectivity index (χ1v) is 8.70. The molecule has 0 bridgehead atoms. The van der Waals surface area contributed by atoms with E-state index >= 15 is 0 Å². The Morgan fingerprint density at radius 2 is 1.80 bits per heavy atom. The molecule has 0 aromatic heterocycles. The molecule has 25 heavy (non-hydrogen) atoms. The molecule has 0 saturated heterocycles. The first kappa shape index (κ1) is 19.2. The quantitative estimate of drug-likeness (QED) is 0.742. The van der Waals surface area contributed by atoms with Crippen LogP contribution in [-0.2, 0) is 14.9 Å². The third-order valence-corrected chi connectivity index (χ3v) is 4.18. The monoisotopic (exact) mass is 350 g/mol. The second-order valence-electron chi connectivity index (χ2n) is 7.60. The van der Waals surface area contributed by atoms with Crippen LogP contribution in [0.4, 0.5) is 9.18 Å². The minimum absolute atomic E-state index is 0.0422. The standard InChI is InChI=1S/C19H27FN2O3/c1-18(2,3)25-17(24)21-12-4-5-16(23)22-13-19(10-11-19)14-6-8-15(20)9-7-14/h6-9H,4-5,10-13H2,1-3H3,(H,21,24)(H,22,23). The molecule has 1 saturated carbocycles. The molecule has 2 amide bonds. The van der Waals surface area contributed by atoms with E-state index in [0.717, 1.165) is 18.4 Å². The molecule has 0 unspecified atom stereocenters. The highest BCUT2D eigenvalue weighted by Crippen LogP contribution is 2.47. The van der Waals surface area contributed by atoms with Gasteiger partial charge in [-0.05, 0) is 57.7 Å². The topological polar surface area (TPSA) is 67.4 Å². The zero-order chi connectivity index (χ0) is 18.5. The van der Waals surface area contributed by atoms with E-state index in [1.54, 1.807) is 32.9 Å². The summed E-state index contributed by atoms with van der Waals surface area (Å²) in [5, 5.41) is 5.58. The van der Waals surface area contributed by atoms with Crippen LogP contribution < -0.4 is 10.6 Å². The molecule has 2 N–H and O–H groups in total. The van der Waals surface area contributed by atoms with Crippen molar-refractivity contribution in [3.63, 3.8) is 0 Å². The lowest BCUT2D eigenvalue weighted by Crippen LogP contribution is -2.34. The molecule has 2 rings (SSSR count). The summed E-state index contributed by atoms with van der Waals surface area (Å²) in [6, 6.07) is 6.50. The number of carbonyl (C=O) groups is 2. The first-order chi connectivity index (χ1) is 11.7. The van der Waals surface area contributed by atoms with Crippen LogP contribution in [0.2, 0.25) is 0 Å². The smallest absolute Gasteiger partial charge is 0.407 e. The SMILES string of the molecule is CC(C)(C)OC(=O)NCCCC(=O)NCC1(c2ccc(F)cc2)CC1. The average Bonchev–Trinajstić information content (AvgIpc) is 3.30. The maximum absolute atomic E-state index is 13.0. The van der Waals surface area contributed by atoms with E-state index in [9.17, 15) is 14.0 Å². The fourth-order valence-electron chi connectivity index (χ4n) is 2.63. The highest BCUT2D eigenvalue weighted by molar-refractivity contribution is 5.76. The van der Waals surface area contributed by atoms with Crippen LogP contribution in [-0.4, -0.2) is 30.7 Å². The maximum atomic E-state index is 13.0. The number of halogens is 1. The van der Waals surface area contributed by atoms with E-state index in [1.807, 2.05) is 0 Å². The predicted octanol–water partition coefficient (Wildman–Crippen LogP) is 3.28. The lowest BCUT2D eigenvalue weighted by Gasteiger charge is -2.19. The summed E-state index contributed by atoms with van der Waals surface area (Å²) in [7, 11) is 0. The Labute approximate surface area is 148 Å². The minimum Gasteiger partial charge on any atom is -0.444 e. The fraction of sp³-hybridized carbons (Fsp3) is 0.579. The number of nitrogens with one attached hydrogen (secondary N) is 2. The summed E-state index contributed by atoms with van der Waals surface area (Å²) in [6.07, 6.45) is 2.42. The number of amides is 2. The number of alkyl carbamates (subject to hydrolysis) is 1. The lowest BCUT2D eigenvalue weighted by atomic mass is 9.96. The number of ether oxygens (including phenoxy) is 1. The summed E-state index contributed by atoms with van der Waals surface area (Å²) in [5.41, 5.74) is 0.499. The molecule has 6 heteroatoms. The van der Waals surface area contributed by atoms with Crippen LogP contribution in [0.1, 0.15) is 52.0 Å². The Balaban J connectivity index is 1.64. The number of hydrogen-bond donors (Lipinski definition) is 2. The van der Waals surface area contributed by atoms with E-state index in [1.165, 1.54) is 12.1 Å². The Bertz CT molecular complexity index is 604. The van der Waals surface area contributed by atoms with Gasteiger partial charge in [-0.25, -0.2) is 9.18 Å². The second-order valence-corrected chi connectivity index (χ2v) is 7.60. The molecule has 0 aliphatic heterocycles. The Kier molecular flexibility index (Phi) is 6.03. The highest BCUT2D eigenvalue weighted by Gasteiger charge is 2.44. The van der Waals surface area contributed by atoms with Gasteiger partial charge >= 0.3 is 6.09 Å². The molecule has 1 aromatic carbocycles. The molecule has 5 nitrogen and oxygen atoms in total. The van der Waals surface area contributed by atoms with Gasteiger partial charge in [0.2, 0.25) is 5.91 Å². The maximum Gasteiger partial charge on any atom is 0.407 e. The van der Waals surface area contributed by atoms with Gasteiger partial charge < -0.3 is 15.4 Å². The minimum atomic E-state index is -0.527.